The minimum absolute atomic E-state index is 0.120. The van der Waals surface area contributed by atoms with E-state index >= 15 is 0 Å². The predicted octanol–water partition coefficient (Wildman–Crippen LogP) is 2.25. The van der Waals surface area contributed by atoms with E-state index in [1.54, 1.807) is 0 Å². The number of nitrogens with one attached hydrogen (secondary N) is 2. The molecular formula is C17H18N2O. The zero-order valence-electron chi connectivity index (χ0n) is 11.3. The maximum Gasteiger partial charge on any atom is 0.221 e. The molecule has 3 nitrogen and oxygen atoms in total. The van der Waals surface area contributed by atoms with Crippen LogP contribution in [0, 0.1) is 0 Å². The lowest BCUT2D eigenvalue weighted by Crippen LogP contribution is -2.35. The van der Waals surface area contributed by atoms with Gasteiger partial charge in [-0.15, -0.1) is 0 Å². The summed E-state index contributed by atoms with van der Waals surface area (Å²) in [6.45, 7) is 0.703. The molecule has 0 spiro atoms. The second-order valence-electron chi connectivity index (χ2n) is 5.13. The molecule has 1 amide bonds. The van der Waals surface area contributed by atoms with Crippen molar-refractivity contribution in [3.63, 3.8) is 0 Å². The number of carbonyl (C=O) groups excluding carboxylic acids is 1. The average molecular weight is 266 g/mol. The van der Waals surface area contributed by atoms with E-state index in [4.69, 9.17) is 0 Å². The molecule has 0 radical (unpaired) electrons. The highest BCUT2D eigenvalue weighted by Crippen LogP contribution is 2.23. The summed E-state index contributed by atoms with van der Waals surface area (Å²) >= 11 is 0. The molecule has 1 aliphatic heterocycles. The van der Waals surface area contributed by atoms with E-state index in [9.17, 15) is 4.79 Å². The maximum absolute atomic E-state index is 11.4. The molecular weight excluding hydrogens is 248 g/mol. The topological polar surface area (TPSA) is 41.1 Å². The fourth-order valence-corrected chi connectivity index (χ4v) is 2.63. The summed E-state index contributed by atoms with van der Waals surface area (Å²) in [5.74, 6) is 0.127. The summed E-state index contributed by atoms with van der Waals surface area (Å²) < 4.78 is 0. The Labute approximate surface area is 119 Å². The lowest BCUT2D eigenvalue weighted by atomic mass is 9.97. The van der Waals surface area contributed by atoms with Gasteiger partial charge in [-0.1, -0.05) is 60.7 Å². The summed E-state index contributed by atoms with van der Waals surface area (Å²) in [7, 11) is 0. The molecule has 3 heteroatoms. The van der Waals surface area contributed by atoms with E-state index < -0.39 is 0 Å². The Morgan fingerprint density at radius 2 is 1.50 bits per heavy atom. The van der Waals surface area contributed by atoms with Gasteiger partial charge in [0.25, 0.3) is 0 Å². The maximum atomic E-state index is 11.4. The summed E-state index contributed by atoms with van der Waals surface area (Å²) in [5.41, 5.74) is 2.44. The van der Waals surface area contributed by atoms with Gasteiger partial charge in [0.05, 0.1) is 6.04 Å². The fourth-order valence-electron chi connectivity index (χ4n) is 2.63. The molecule has 0 bridgehead atoms. The molecule has 2 N–H and O–H groups in total. The first-order valence-electron chi connectivity index (χ1n) is 6.95. The highest BCUT2D eigenvalue weighted by molar-refractivity contribution is 5.78. The number of amides is 1. The van der Waals surface area contributed by atoms with Gasteiger partial charge in [-0.3, -0.25) is 4.79 Å². The number of benzene rings is 2. The van der Waals surface area contributed by atoms with E-state index in [-0.39, 0.29) is 18.0 Å². The van der Waals surface area contributed by atoms with Gasteiger partial charge in [-0.05, 0) is 11.1 Å². The van der Waals surface area contributed by atoms with Crippen LogP contribution in [0.3, 0.4) is 0 Å². The van der Waals surface area contributed by atoms with Gasteiger partial charge in [0.2, 0.25) is 5.91 Å². The van der Waals surface area contributed by atoms with Crippen LogP contribution in [0.1, 0.15) is 23.6 Å². The minimum atomic E-state index is 0.120. The molecule has 2 aromatic carbocycles. The van der Waals surface area contributed by atoms with Crippen LogP contribution in [-0.2, 0) is 4.79 Å². The number of carbonyl (C=O) groups is 1. The summed E-state index contributed by atoms with van der Waals surface area (Å²) in [4.78, 5) is 11.4. The van der Waals surface area contributed by atoms with Crippen molar-refractivity contribution < 1.29 is 4.79 Å². The summed E-state index contributed by atoms with van der Waals surface area (Å²) in [6.07, 6.45) is 0.552. The van der Waals surface area contributed by atoms with E-state index in [2.05, 4.69) is 34.9 Å². The van der Waals surface area contributed by atoms with E-state index in [0.717, 1.165) is 0 Å². The lowest BCUT2D eigenvalue weighted by Gasteiger charge is -2.23. The normalized spacial score (nSPS) is 18.2. The molecule has 1 heterocycles. The number of rotatable bonds is 4. The lowest BCUT2D eigenvalue weighted by molar-refractivity contribution is -0.119. The van der Waals surface area contributed by atoms with Crippen LogP contribution in [0.25, 0.3) is 0 Å². The molecule has 2 aromatic rings. The van der Waals surface area contributed by atoms with Crippen molar-refractivity contribution in [3.05, 3.63) is 71.8 Å². The van der Waals surface area contributed by atoms with Crippen molar-refractivity contribution in [2.75, 3.05) is 6.54 Å². The van der Waals surface area contributed by atoms with E-state index in [0.29, 0.717) is 13.0 Å². The van der Waals surface area contributed by atoms with Crippen molar-refractivity contribution in [2.24, 2.45) is 0 Å². The Morgan fingerprint density at radius 1 is 0.950 bits per heavy atom. The summed E-state index contributed by atoms with van der Waals surface area (Å²) in [5, 5.41) is 6.47. The average Bonchev–Trinajstić information content (AvgIpc) is 2.92. The third-order valence-electron chi connectivity index (χ3n) is 3.65. The first kappa shape index (κ1) is 12.9. The van der Waals surface area contributed by atoms with Crippen molar-refractivity contribution in [3.8, 4) is 0 Å². The highest BCUT2D eigenvalue weighted by atomic mass is 16.1. The van der Waals surface area contributed by atoms with Crippen LogP contribution in [0.2, 0.25) is 0 Å². The smallest absolute Gasteiger partial charge is 0.221 e. The van der Waals surface area contributed by atoms with Gasteiger partial charge in [-0.25, -0.2) is 0 Å². The molecule has 1 saturated heterocycles. The van der Waals surface area contributed by atoms with E-state index in [1.807, 2.05) is 36.4 Å². The monoisotopic (exact) mass is 266 g/mol. The van der Waals surface area contributed by atoms with Crippen molar-refractivity contribution >= 4 is 5.91 Å². The van der Waals surface area contributed by atoms with Crippen LogP contribution in [0.15, 0.2) is 60.7 Å². The third kappa shape index (κ3) is 2.89. The predicted molar refractivity (Wildman–Crippen MR) is 79.3 cm³/mol. The first-order valence-corrected chi connectivity index (χ1v) is 6.95. The molecule has 0 aliphatic carbocycles. The Morgan fingerprint density at radius 3 is 1.95 bits per heavy atom. The Kier molecular flexibility index (Phi) is 3.79. The van der Waals surface area contributed by atoms with Crippen LogP contribution in [-0.4, -0.2) is 18.5 Å². The van der Waals surface area contributed by atoms with Crippen LogP contribution < -0.4 is 10.6 Å². The Hall–Kier alpha value is -2.13. The Balaban J connectivity index is 1.86. The third-order valence-corrected chi connectivity index (χ3v) is 3.65. The van der Waals surface area contributed by atoms with Gasteiger partial charge in [0, 0.05) is 19.0 Å². The first-order chi connectivity index (χ1) is 9.83. The fraction of sp³-hybridized carbons (Fsp3) is 0.235. The molecule has 102 valence electrons. The molecule has 0 saturated carbocycles. The number of hydrogen-bond acceptors (Lipinski definition) is 2. The molecule has 1 aliphatic rings. The molecule has 1 fully saturated rings. The Bertz CT molecular complexity index is 529. The van der Waals surface area contributed by atoms with Crippen LogP contribution >= 0.6 is 0 Å². The molecule has 1 atom stereocenters. The van der Waals surface area contributed by atoms with Gasteiger partial charge in [0.15, 0.2) is 0 Å². The van der Waals surface area contributed by atoms with Crippen molar-refractivity contribution in [2.45, 2.75) is 18.5 Å². The molecule has 0 aromatic heterocycles. The van der Waals surface area contributed by atoms with Gasteiger partial charge in [-0.2, -0.15) is 0 Å². The molecule has 1 unspecified atom stereocenters. The van der Waals surface area contributed by atoms with Crippen LogP contribution in [0.5, 0.6) is 0 Å². The zero-order valence-corrected chi connectivity index (χ0v) is 11.3. The molecule has 20 heavy (non-hydrogen) atoms. The van der Waals surface area contributed by atoms with Gasteiger partial charge < -0.3 is 10.6 Å². The number of hydrogen-bond donors (Lipinski definition) is 2. The zero-order chi connectivity index (χ0) is 13.8. The van der Waals surface area contributed by atoms with Crippen molar-refractivity contribution in [1.29, 1.82) is 0 Å². The minimum Gasteiger partial charge on any atom is -0.354 e. The second kappa shape index (κ2) is 5.88. The standard InChI is InChI=1S/C17H18N2O/c20-16-11-15(12-18-16)19-17(13-7-3-1-4-8-13)14-9-5-2-6-10-14/h1-10,15,17,19H,11-12H2,(H,18,20). The van der Waals surface area contributed by atoms with E-state index in [1.165, 1.54) is 11.1 Å². The SMILES string of the molecule is O=C1CC(NC(c2ccccc2)c2ccccc2)CN1. The quantitative estimate of drug-likeness (QED) is 0.891. The molecule has 3 rings (SSSR count). The van der Waals surface area contributed by atoms with Crippen molar-refractivity contribution in [1.82, 2.24) is 10.6 Å². The largest absolute Gasteiger partial charge is 0.354 e. The summed E-state index contributed by atoms with van der Waals surface area (Å²) in [6, 6.07) is 21.0. The second-order valence-corrected chi connectivity index (χ2v) is 5.13. The van der Waals surface area contributed by atoms with Gasteiger partial charge in [0.1, 0.15) is 0 Å². The van der Waals surface area contributed by atoms with Crippen LogP contribution in [0.4, 0.5) is 0 Å². The highest BCUT2D eigenvalue weighted by Gasteiger charge is 2.25. The van der Waals surface area contributed by atoms with Gasteiger partial charge >= 0.3 is 0 Å².